The van der Waals surface area contributed by atoms with Crippen LogP contribution in [-0.4, -0.2) is 30.2 Å². The van der Waals surface area contributed by atoms with Crippen molar-refractivity contribution in [3.8, 4) is 56.8 Å². The molecule has 0 spiro atoms. The lowest BCUT2D eigenvalue weighted by molar-refractivity contribution is 0.881. The summed E-state index contributed by atoms with van der Waals surface area (Å²) < 4.78 is 0. The number of para-hydroxylation sites is 1. The molecule has 0 radical (unpaired) electrons. The molecular weight excluding hydrogens is 595 g/mol. The Morgan fingerprint density at radius 2 is 1.04 bits per heavy atom. The number of benzene rings is 5. The van der Waals surface area contributed by atoms with Gasteiger partial charge in [-0.2, -0.15) is 0 Å². The van der Waals surface area contributed by atoms with E-state index < -0.39 is 0 Å². The number of fused-ring (bicyclic) bond motifs is 4. The van der Waals surface area contributed by atoms with E-state index in [-0.39, 0.29) is 0 Å². The van der Waals surface area contributed by atoms with E-state index in [1.165, 1.54) is 10.5 Å². The van der Waals surface area contributed by atoms with Crippen LogP contribution in [0.15, 0.2) is 157 Å². The van der Waals surface area contributed by atoms with E-state index in [9.17, 15) is 0 Å². The minimum absolute atomic E-state index is 0.382. The van der Waals surface area contributed by atoms with Gasteiger partial charge in [0.1, 0.15) is 0 Å². The molecule has 5 aromatic carbocycles. The summed E-state index contributed by atoms with van der Waals surface area (Å²) in [6.45, 7) is 0. The molecule has 2 unspecified atom stereocenters. The Balaban J connectivity index is 1.14. The van der Waals surface area contributed by atoms with E-state index in [1.807, 2.05) is 84.6 Å². The zero-order valence-electron chi connectivity index (χ0n) is 25.2. The summed E-state index contributed by atoms with van der Waals surface area (Å²) >= 11 is 1.91. The summed E-state index contributed by atoms with van der Waals surface area (Å²) in [5.74, 6) is 3.04. The molecule has 0 amide bonds. The van der Waals surface area contributed by atoms with Crippen molar-refractivity contribution in [2.24, 2.45) is 0 Å². The van der Waals surface area contributed by atoms with Gasteiger partial charge in [-0.3, -0.25) is 0 Å². The highest BCUT2D eigenvalue weighted by Crippen LogP contribution is 2.51. The predicted octanol–water partition coefficient (Wildman–Crippen LogP) is 9.83. The maximum atomic E-state index is 5.24. The molecule has 47 heavy (non-hydrogen) atoms. The number of hydrogen-bond acceptors (Lipinski definition) is 6. The predicted molar refractivity (Wildman–Crippen MR) is 191 cm³/mol. The van der Waals surface area contributed by atoms with E-state index >= 15 is 0 Å². The van der Waals surface area contributed by atoms with Crippen molar-refractivity contribution in [1.29, 1.82) is 0 Å². The number of thioether (sulfide) groups is 1. The van der Waals surface area contributed by atoms with E-state index in [4.69, 9.17) is 24.9 Å². The van der Waals surface area contributed by atoms with Gasteiger partial charge in [0.2, 0.25) is 0 Å². The summed E-state index contributed by atoms with van der Waals surface area (Å²) in [4.78, 5) is 26.3. The lowest BCUT2D eigenvalue weighted by Gasteiger charge is -2.14. The highest BCUT2D eigenvalue weighted by atomic mass is 32.2. The molecule has 1 aliphatic carbocycles. The molecule has 9 rings (SSSR count). The maximum Gasteiger partial charge on any atom is 0.164 e. The Morgan fingerprint density at radius 3 is 1.74 bits per heavy atom. The van der Waals surface area contributed by atoms with Gasteiger partial charge in [0.25, 0.3) is 0 Å². The first-order chi connectivity index (χ1) is 23.3. The molecule has 222 valence electrons. The topological polar surface area (TPSA) is 64.5 Å². The zero-order valence-corrected chi connectivity index (χ0v) is 26.0. The second-order valence-electron chi connectivity index (χ2n) is 11.6. The van der Waals surface area contributed by atoms with Gasteiger partial charge in [-0.05, 0) is 11.6 Å². The van der Waals surface area contributed by atoms with Crippen LogP contribution in [-0.2, 0) is 0 Å². The fourth-order valence-electron chi connectivity index (χ4n) is 6.37. The first kappa shape index (κ1) is 27.6. The molecule has 7 aromatic rings. The molecule has 3 heterocycles. The van der Waals surface area contributed by atoms with Crippen molar-refractivity contribution >= 4 is 22.7 Å². The third-order valence-corrected chi connectivity index (χ3v) is 10.1. The van der Waals surface area contributed by atoms with Gasteiger partial charge in [0.05, 0.1) is 11.2 Å². The average Bonchev–Trinajstić information content (AvgIpc) is 3.54. The molecule has 0 fully saturated rings. The average molecular weight is 622 g/mol. The van der Waals surface area contributed by atoms with Crippen LogP contribution in [0.2, 0.25) is 0 Å². The Labute approximate surface area is 276 Å². The molecule has 2 aromatic heterocycles. The van der Waals surface area contributed by atoms with Gasteiger partial charge in [-0.25, -0.2) is 24.9 Å². The van der Waals surface area contributed by atoms with Gasteiger partial charge in [0, 0.05) is 49.3 Å². The second-order valence-corrected chi connectivity index (χ2v) is 12.8. The molecule has 1 aliphatic heterocycles. The van der Waals surface area contributed by atoms with Crippen LogP contribution >= 0.6 is 11.8 Å². The summed E-state index contributed by atoms with van der Waals surface area (Å²) in [7, 11) is 0. The maximum absolute atomic E-state index is 5.24. The third-order valence-electron chi connectivity index (χ3n) is 8.70. The largest absolute Gasteiger partial charge is 0.228 e. The Hall–Kier alpha value is -5.72. The van der Waals surface area contributed by atoms with Crippen molar-refractivity contribution < 1.29 is 0 Å². The van der Waals surface area contributed by atoms with Crippen molar-refractivity contribution in [3.63, 3.8) is 0 Å². The fraction of sp³-hybridized carbons (Fsp3) is 0.0488. The number of allylic oxidation sites excluding steroid dienone is 3. The summed E-state index contributed by atoms with van der Waals surface area (Å²) in [5.41, 5.74) is 8.07. The fourth-order valence-corrected chi connectivity index (χ4v) is 7.82. The smallest absolute Gasteiger partial charge is 0.164 e. The molecule has 6 heteroatoms. The molecule has 5 nitrogen and oxygen atoms in total. The highest BCUT2D eigenvalue weighted by Gasteiger charge is 2.33. The van der Waals surface area contributed by atoms with Gasteiger partial charge in [-0.15, -0.1) is 11.8 Å². The van der Waals surface area contributed by atoms with Gasteiger partial charge >= 0.3 is 0 Å². The SMILES string of the molecule is C1=CC2Sc3c(-c4nc(-c5ccc(-c6nc(-c7ccccc7)nc(-c7ccccc7)n6)cc5)c5ccccc5n4)cccc3C2C=C1. The minimum Gasteiger partial charge on any atom is -0.228 e. The van der Waals surface area contributed by atoms with E-state index in [0.29, 0.717) is 28.6 Å². The van der Waals surface area contributed by atoms with Crippen LogP contribution in [0.3, 0.4) is 0 Å². The number of aromatic nitrogens is 5. The molecular formula is C41H27N5S. The Bertz CT molecular complexity index is 2280. The molecule has 2 atom stereocenters. The van der Waals surface area contributed by atoms with E-state index in [1.54, 1.807) is 0 Å². The molecule has 0 saturated heterocycles. The van der Waals surface area contributed by atoms with Gasteiger partial charge in [-0.1, -0.05) is 146 Å². The van der Waals surface area contributed by atoms with Gasteiger partial charge in [0.15, 0.2) is 23.3 Å². The molecule has 2 aliphatic rings. The molecule has 0 bridgehead atoms. The first-order valence-corrected chi connectivity index (χ1v) is 16.6. The Morgan fingerprint density at radius 1 is 0.447 bits per heavy atom. The number of rotatable bonds is 5. The normalized spacial score (nSPS) is 16.3. The highest BCUT2D eigenvalue weighted by molar-refractivity contribution is 8.00. The van der Waals surface area contributed by atoms with Crippen molar-refractivity contribution in [2.75, 3.05) is 0 Å². The number of hydrogen-bond donors (Lipinski definition) is 0. The van der Waals surface area contributed by atoms with E-state index in [0.717, 1.165) is 50.2 Å². The molecule has 0 N–H and O–H groups in total. The Kier molecular flexibility index (Phi) is 6.79. The van der Waals surface area contributed by atoms with Crippen LogP contribution in [0.25, 0.3) is 67.7 Å². The van der Waals surface area contributed by atoms with Crippen LogP contribution in [0.4, 0.5) is 0 Å². The summed E-state index contributed by atoms with van der Waals surface area (Å²) in [5, 5.41) is 1.42. The second kappa shape index (κ2) is 11.6. The lowest BCUT2D eigenvalue weighted by Crippen LogP contribution is -2.06. The molecule has 0 saturated carbocycles. The van der Waals surface area contributed by atoms with Gasteiger partial charge < -0.3 is 0 Å². The number of nitrogens with zero attached hydrogens (tertiary/aromatic N) is 5. The third kappa shape index (κ3) is 5.03. The quantitative estimate of drug-likeness (QED) is 0.191. The standard InChI is InChI=1S/C41H27N5S/c1-3-12-27(13-4-1)38-44-39(28-14-5-2-6-15-28)46-40(45-38)29-24-22-26(23-25-29)36-32-17-7-9-20-34(32)42-41(43-36)33-19-11-18-31-30-16-8-10-21-35(30)47-37(31)33/h1-25,30,35H. The van der Waals surface area contributed by atoms with Crippen LogP contribution in [0, 0.1) is 0 Å². The lowest BCUT2D eigenvalue weighted by atomic mass is 9.91. The summed E-state index contributed by atoms with van der Waals surface area (Å²) in [6.07, 6.45) is 8.90. The van der Waals surface area contributed by atoms with Crippen molar-refractivity contribution in [1.82, 2.24) is 24.9 Å². The monoisotopic (exact) mass is 621 g/mol. The van der Waals surface area contributed by atoms with Crippen molar-refractivity contribution in [2.45, 2.75) is 16.1 Å². The van der Waals surface area contributed by atoms with E-state index in [2.05, 4.69) is 78.9 Å². The van der Waals surface area contributed by atoms with Crippen LogP contribution in [0.1, 0.15) is 11.5 Å². The van der Waals surface area contributed by atoms with Crippen LogP contribution < -0.4 is 0 Å². The van der Waals surface area contributed by atoms with Crippen LogP contribution in [0.5, 0.6) is 0 Å². The zero-order chi connectivity index (χ0) is 31.2. The minimum atomic E-state index is 0.382. The first-order valence-electron chi connectivity index (χ1n) is 15.7. The van der Waals surface area contributed by atoms with Crippen molar-refractivity contribution in [3.05, 3.63) is 157 Å². The summed E-state index contributed by atoms with van der Waals surface area (Å²) in [6, 6.07) is 43.2.